The van der Waals surface area contributed by atoms with Crippen LogP contribution in [0.5, 0.6) is 0 Å². The van der Waals surface area contributed by atoms with E-state index in [0.717, 1.165) is 18.8 Å². The molecule has 0 aromatic carbocycles. The van der Waals surface area contributed by atoms with Crippen molar-refractivity contribution < 1.29 is 13.0 Å². The summed E-state index contributed by atoms with van der Waals surface area (Å²) in [6.07, 6.45) is 32.6. The van der Waals surface area contributed by atoms with Crippen LogP contribution in [0.15, 0.2) is 0 Å². The highest BCUT2D eigenvalue weighted by Crippen LogP contribution is 2.23. The van der Waals surface area contributed by atoms with E-state index in [1.54, 1.807) is 0 Å². The lowest BCUT2D eigenvalue weighted by Crippen LogP contribution is -2.10. The first-order chi connectivity index (χ1) is 18.3. The van der Waals surface area contributed by atoms with Crippen molar-refractivity contribution in [1.29, 1.82) is 0 Å². The highest BCUT2D eigenvalue weighted by atomic mass is 79.9. The van der Waals surface area contributed by atoms with Gasteiger partial charge < -0.3 is 0 Å². The first-order valence-electron chi connectivity index (χ1n) is 16.8. The van der Waals surface area contributed by atoms with Gasteiger partial charge in [-0.3, -0.25) is 4.55 Å². The van der Waals surface area contributed by atoms with Crippen LogP contribution in [-0.2, 0) is 10.1 Å². The van der Waals surface area contributed by atoms with Crippen LogP contribution >= 0.6 is 15.9 Å². The second kappa shape index (κ2) is 31.9. The van der Waals surface area contributed by atoms with Gasteiger partial charge in [-0.2, -0.15) is 8.42 Å². The van der Waals surface area contributed by atoms with Crippen LogP contribution in [0.4, 0.5) is 0 Å². The highest BCUT2D eigenvalue weighted by Gasteiger charge is 2.13. The molecule has 38 heavy (non-hydrogen) atoms. The summed E-state index contributed by atoms with van der Waals surface area (Å²) < 4.78 is 30.7. The van der Waals surface area contributed by atoms with Crippen molar-refractivity contribution in [2.75, 3.05) is 11.1 Å². The molecule has 0 fully saturated rings. The topological polar surface area (TPSA) is 54.4 Å². The third kappa shape index (κ3) is 34.4. The molecular weight excluding hydrogens is 556 g/mol. The molecule has 1 N–H and O–H groups in total. The molecule has 0 saturated heterocycles. The Hall–Kier alpha value is 0.390. The molecule has 0 heterocycles. The predicted molar refractivity (Wildman–Crippen MR) is 175 cm³/mol. The number of hydrogen-bond donors (Lipinski definition) is 1. The Kier molecular flexibility index (Phi) is 34.0. The highest BCUT2D eigenvalue weighted by molar-refractivity contribution is 9.09. The molecule has 0 radical (unpaired) electrons. The molecule has 5 heteroatoms. The van der Waals surface area contributed by atoms with Gasteiger partial charge in [0.05, 0.1) is 5.75 Å². The Morgan fingerprint density at radius 1 is 0.474 bits per heavy atom. The van der Waals surface area contributed by atoms with Crippen LogP contribution in [0, 0.1) is 11.8 Å². The quantitative estimate of drug-likeness (QED) is 0.0535. The minimum Gasteiger partial charge on any atom is -0.286 e. The van der Waals surface area contributed by atoms with Gasteiger partial charge in [0.25, 0.3) is 10.1 Å². The van der Waals surface area contributed by atoms with Crippen LogP contribution in [0.3, 0.4) is 0 Å². The number of unbranched alkanes of at least 4 members (excludes halogenated alkanes) is 16. The Morgan fingerprint density at radius 2 is 0.763 bits per heavy atom. The summed E-state index contributed by atoms with van der Waals surface area (Å²) >= 11 is 3.68. The zero-order valence-electron chi connectivity index (χ0n) is 26.3. The van der Waals surface area contributed by atoms with Crippen LogP contribution in [0.2, 0.25) is 0 Å². The van der Waals surface area contributed by atoms with Crippen LogP contribution in [0.1, 0.15) is 188 Å². The average Bonchev–Trinajstić information content (AvgIpc) is 2.89. The molecule has 232 valence electrons. The fraction of sp³-hybridized carbons (Fsp3) is 1.00. The van der Waals surface area contributed by atoms with E-state index in [4.69, 9.17) is 4.55 Å². The zero-order chi connectivity index (χ0) is 28.7. The molecule has 0 amide bonds. The van der Waals surface area contributed by atoms with Crippen molar-refractivity contribution in [2.24, 2.45) is 11.8 Å². The van der Waals surface area contributed by atoms with Gasteiger partial charge >= 0.3 is 0 Å². The van der Waals surface area contributed by atoms with E-state index in [1.807, 2.05) is 0 Å². The lowest BCUT2D eigenvalue weighted by molar-refractivity contribution is 0.388. The van der Waals surface area contributed by atoms with Crippen LogP contribution < -0.4 is 0 Å². The number of hydrogen-bond acceptors (Lipinski definition) is 2. The summed E-state index contributed by atoms with van der Waals surface area (Å²) in [6.45, 7) is 9.00. The maximum Gasteiger partial charge on any atom is 0.264 e. The molecule has 0 aromatic heterocycles. The zero-order valence-corrected chi connectivity index (χ0v) is 28.7. The minimum atomic E-state index is -3.80. The average molecular weight is 626 g/mol. The third-order valence-electron chi connectivity index (χ3n) is 7.87. The summed E-state index contributed by atoms with van der Waals surface area (Å²) in [5.41, 5.74) is 0. The third-order valence-corrected chi connectivity index (χ3v) is 9.53. The van der Waals surface area contributed by atoms with E-state index < -0.39 is 10.1 Å². The summed E-state index contributed by atoms with van der Waals surface area (Å²) in [5.74, 6) is 1.34. The van der Waals surface area contributed by atoms with E-state index >= 15 is 0 Å². The summed E-state index contributed by atoms with van der Waals surface area (Å²) in [4.78, 5) is 0. The van der Waals surface area contributed by atoms with Gasteiger partial charge in [0.15, 0.2) is 0 Å². The first kappa shape index (κ1) is 40.5. The van der Waals surface area contributed by atoms with E-state index in [0.29, 0.717) is 12.3 Å². The van der Waals surface area contributed by atoms with Crippen molar-refractivity contribution in [3.8, 4) is 0 Å². The largest absolute Gasteiger partial charge is 0.286 e. The van der Waals surface area contributed by atoms with Crippen molar-refractivity contribution in [3.05, 3.63) is 0 Å². The first-order valence-corrected chi connectivity index (χ1v) is 19.6. The minimum absolute atomic E-state index is 0.0682. The van der Waals surface area contributed by atoms with Gasteiger partial charge in [0.2, 0.25) is 0 Å². The Bertz CT molecular complexity index is 538. The second-order valence-corrected chi connectivity index (χ2v) is 14.0. The predicted octanol–water partition coefficient (Wildman–Crippen LogP) is 12.3. The van der Waals surface area contributed by atoms with Crippen LogP contribution in [-0.4, -0.2) is 24.1 Å². The Labute approximate surface area is 249 Å². The van der Waals surface area contributed by atoms with Crippen molar-refractivity contribution in [1.82, 2.24) is 0 Å². The molecular formula is C33H69BrO3S. The maximum atomic E-state index is 10.9. The fourth-order valence-electron chi connectivity index (χ4n) is 5.19. The van der Waals surface area contributed by atoms with Gasteiger partial charge in [-0.1, -0.05) is 185 Å². The monoisotopic (exact) mass is 624 g/mol. The van der Waals surface area contributed by atoms with E-state index in [9.17, 15) is 8.42 Å². The van der Waals surface area contributed by atoms with Gasteiger partial charge in [-0.05, 0) is 31.1 Å². The van der Waals surface area contributed by atoms with E-state index in [1.165, 1.54) is 147 Å². The molecule has 0 aromatic rings. The normalized spacial score (nSPS) is 13.2. The molecule has 3 nitrogen and oxygen atoms in total. The summed E-state index contributed by atoms with van der Waals surface area (Å²) in [7, 11) is -3.80. The summed E-state index contributed by atoms with van der Waals surface area (Å²) in [6, 6.07) is 0. The number of halogens is 1. The molecule has 0 aliphatic heterocycles. The Balaban J connectivity index is 0. The lowest BCUT2D eigenvalue weighted by Gasteiger charge is -2.16. The lowest BCUT2D eigenvalue weighted by atomic mass is 9.92. The van der Waals surface area contributed by atoms with Crippen molar-refractivity contribution >= 4 is 26.0 Å². The summed E-state index contributed by atoms with van der Waals surface area (Å²) in [5, 5.41) is 1.22. The van der Waals surface area contributed by atoms with E-state index in [2.05, 4.69) is 43.6 Å². The molecule has 0 aliphatic rings. The molecule has 2 atom stereocenters. The molecule has 0 bridgehead atoms. The van der Waals surface area contributed by atoms with Crippen molar-refractivity contribution in [2.45, 2.75) is 188 Å². The second-order valence-electron chi connectivity index (χ2n) is 11.8. The fourth-order valence-corrected chi connectivity index (χ4v) is 6.47. The van der Waals surface area contributed by atoms with E-state index in [-0.39, 0.29) is 5.75 Å². The standard InChI is InChI=1S/C17H36O3S.C16H33Br/c1-3-5-7-9-10-12-14-17(13-11-8-6-4-2)15-16-21(18,19)20;1-3-5-7-9-10-12-14-16(15-17)13-11-8-6-4-2/h17H,3-16H2,1-2H3,(H,18,19,20);16H,3-15H2,1-2H3. The van der Waals surface area contributed by atoms with Gasteiger partial charge in [-0.25, -0.2) is 0 Å². The molecule has 2 unspecified atom stereocenters. The smallest absolute Gasteiger partial charge is 0.264 e. The molecule has 0 rings (SSSR count). The van der Waals surface area contributed by atoms with Gasteiger partial charge in [-0.15, -0.1) is 0 Å². The van der Waals surface area contributed by atoms with Gasteiger partial charge in [0.1, 0.15) is 0 Å². The number of rotatable bonds is 28. The van der Waals surface area contributed by atoms with Crippen LogP contribution in [0.25, 0.3) is 0 Å². The SMILES string of the molecule is CCCCCCCCC(CBr)CCCCCC.CCCCCCCCC(CCCCCC)CCS(=O)(=O)O. The molecule has 0 spiro atoms. The Morgan fingerprint density at radius 3 is 1.08 bits per heavy atom. The number of alkyl halides is 1. The molecule has 0 aliphatic carbocycles. The van der Waals surface area contributed by atoms with Crippen molar-refractivity contribution in [3.63, 3.8) is 0 Å². The maximum absolute atomic E-state index is 10.9. The van der Waals surface area contributed by atoms with Gasteiger partial charge in [0, 0.05) is 5.33 Å². The molecule has 0 saturated carbocycles.